The number of ketones is 1. The number of rotatable bonds is 7. The van der Waals surface area contributed by atoms with Crippen molar-refractivity contribution in [3.8, 4) is 5.75 Å². The van der Waals surface area contributed by atoms with Crippen molar-refractivity contribution in [1.82, 2.24) is 4.57 Å². The van der Waals surface area contributed by atoms with Crippen molar-refractivity contribution in [3.63, 3.8) is 0 Å². The van der Waals surface area contributed by atoms with Gasteiger partial charge in [0.2, 0.25) is 0 Å². The average molecular weight is 389 g/mol. The predicted molar refractivity (Wildman–Crippen MR) is 98.6 cm³/mol. The molecule has 10 nitrogen and oxygen atoms in total. The minimum absolute atomic E-state index is 0.0716. The molecule has 1 aromatic carbocycles. The molecule has 1 atom stereocenters. The summed E-state index contributed by atoms with van der Waals surface area (Å²) in [5, 5.41) is 13.4. The zero-order valence-corrected chi connectivity index (χ0v) is 15.7. The first-order chi connectivity index (χ1) is 13.1. The second kappa shape index (κ2) is 8.33. The van der Waals surface area contributed by atoms with Crippen LogP contribution in [0.5, 0.6) is 5.75 Å². The first-order valence-electron chi connectivity index (χ1n) is 8.15. The van der Waals surface area contributed by atoms with E-state index in [9.17, 15) is 24.5 Å². The number of nitrogens with zero attached hydrogens (tertiary/aromatic N) is 2. The Hall–Kier alpha value is -3.69. The molecule has 0 saturated carbocycles. The summed E-state index contributed by atoms with van der Waals surface area (Å²) in [5.41, 5.74) is 0.286. The summed E-state index contributed by atoms with van der Waals surface area (Å²) in [6, 6.07) is 5.10. The summed E-state index contributed by atoms with van der Waals surface area (Å²) in [4.78, 5) is 46.4. The number of hydrogen-bond acceptors (Lipinski definition) is 7. The Morgan fingerprint density at radius 1 is 1.25 bits per heavy atom. The molecule has 0 spiro atoms. The van der Waals surface area contributed by atoms with E-state index in [1.165, 1.54) is 49.9 Å². The number of hydrogen-bond donors (Lipinski definition) is 1. The Kier molecular flexibility index (Phi) is 6.14. The van der Waals surface area contributed by atoms with Gasteiger partial charge in [0.15, 0.2) is 11.9 Å². The van der Waals surface area contributed by atoms with Crippen LogP contribution in [0.2, 0.25) is 0 Å². The number of esters is 1. The molecule has 2 rings (SSSR count). The maximum atomic E-state index is 12.4. The van der Waals surface area contributed by atoms with Crippen LogP contribution < -0.4 is 10.1 Å². The second-order valence-corrected chi connectivity index (χ2v) is 5.96. The summed E-state index contributed by atoms with van der Waals surface area (Å²) < 4.78 is 11.6. The van der Waals surface area contributed by atoms with Crippen LogP contribution in [0.4, 0.5) is 11.4 Å². The van der Waals surface area contributed by atoms with Crippen LogP contribution in [0.1, 0.15) is 34.7 Å². The van der Waals surface area contributed by atoms with Crippen molar-refractivity contribution >= 4 is 29.0 Å². The molecule has 0 fully saturated rings. The third kappa shape index (κ3) is 4.53. The molecule has 148 valence electrons. The lowest BCUT2D eigenvalue weighted by molar-refractivity contribution is -0.384. The number of aryl methyl sites for hydroxylation is 1. The molecule has 2 aromatic rings. The molecule has 1 aromatic heterocycles. The number of benzene rings is 1. The number of aromatic nitrogens is 1. The molecule has 0 aliphatic carbocycles. The molecular weight excluding hydrogens is 370 g/mol. The van der Waals surface area contributed by atoms with Crippen molar-refractivity contribution in [3.05, 3.63) is 51.8 Å². The lowest BCUT2D eigenvalue weighted by Gasteiger charge is -2.15. The van der Waals surface area contributed by atoms with Gasteiger partial charge in [-0.15, -0.1) is 0 Å². The van der Waals surface area contributed by atoms with Crippen LogP contribution in [0.3, 0.4) is 0 Å². The highest BCUT2D eigenvalue weighted by molar-refractivity contribution is 6.00. The van der Waals surface area contributed by atoms with Crippen molar-refractivity contribution in [1.29, 1.82) is 0 Å². The number of anilines is 1. The van der Waals surface area contributed by atoms with E-state index in [0.29, 0.717) is 5.56 Å². The topological polar surface area (TPSA) is 130 Å². The monoisotopic (exact) mass is 389 g/mol. The van der Waals surface area contributed by atoms with E-state index in [0.717, 1.165) is 6.07 Å². The number of Topliss-reactive ketones (excluding diaryl/α,β-unsaturated/α-hetero) is 1. The maximum Gasteiger partial charge on any atom is 0.355 e. The average Bonchev–Trinajstić information content (AvgIpc) is 3.03. The normalized spacial score (nSPS) is 11.4. The lowest BCUT2D eigenvalue weighted by Crippen LogP contribution is -2.30. The zero-order valence-electron chi connectivity index (χ0n) is 15.7. The molecule has 10 heteroatoms. The van der Waals surface area contributed by atoms with E-state index < -0.39 is 22.9 Å². The number of amides is 1. The smallest absolute Gasteiger partial charge is 0.355 e. The van der Waals surface area contributed by atoms with Crippen LogP contribution in [0.25, 0.3) is 0 Å². The fraction of sp³-hybridized carbons (Fsp3) is 0.278. The van der Waals surface area contributed by atoms with Gasteiger partial charge in [-0.2, -0.15) is 0 Å². The van der Waals surface area contributed by atoms with Crippen molar-refractivity contribution in [2.75, 3.05) is 12.4 Å². The largest absolute Gasteiger partial charge is 0.495 e. The third-order valence-electron chi connectivity index (χ3n) is 3.93. The number of carbonyl (C=O) groups excluding carboxylic acids is 3. The van der Waals surface area contributed by atoms with Gasteiger partial charge in [-0.05, 0) is 26.0 Å². The Morgan fingerprint density at radius 3 is 2.46 bits per heavy atom. The van der Waals surface area contributed by atoms with E-state index in [1.807, 2.05) is 0 Å². The number of nitro groups is 1. The molecular formula is C18H19N3O7. The molecule has 1 N–H and O–H groups in total. The molecule has 0 bridgehead atoms. The van der Waals surface area contributed by atoms with Crippen LogP contribution >= 0.6 is 0 Å². The number of carbonyl (C=O) groups is 3. The van der Waals surface area contributed by atoms with Gasteiger partial charge in [-0.25, -0.2) is 4.79 Å². The molecule has 28 heavy (non-hydrogen) atoms. The number of non-ortho nitro benzene ring substituents is 1. The van der Waals surface area contributed by atoms with E-state index in [4.69, 9.17) is 9.47 Å². The summed E-state index contributed by atoms with van der Waals surface area (Å²) in [7, 11) is 2.92. The fourth-order valence-corrected chi connectivity index (χ4v) is 2.38. The van der Waals surface area contributed by atoms with E-state index in [1.54, 1.807) is 7.05 Å². The number of nitro benzene ring substituents is 1. The van der Waals surface area contributed by atoms with Crippen LogP contribution in [-0.2, 0) is 16.6 Å². The molecule has 0 saturated heterocycles. The Balaban J connectivity index is 2.13. The number of nitrogens with one attached hydrogen (secondary N) is 1. The molecule has 0 radical (unpaired) electrons. The van der Waals surface area contributed by atoms with Crippen molar-refractivity contribution < 1.29 is 28.8 Å². The van der Waals surface area contributed by atoms with E-state index in [-0.39, 0.29) is 28.6 Å². The minimum Gasteiger partial charge on any atom is -0.495 e. The Labute approximate surface area is 160 Å². The Morgan fingerprint density at radius 2 is 1.93 bits per heavy atom. The molecule has 0 unspecified atom stereocenters. The second-order valence-electron chi connectivity index (χ2n) is 5.96. The summed E-state index contributed by atoms with van der Waals surface area (Å²) in [5.74, 6) is -1.49. The minimum atomic E-state index is -1.20. The van der Waals surface area contributed by atoms with Gasteiger partial charge >= 0.3 is 5.97 Å². The first-order valence-corrected chi connectivity index (χ1v) is 8.15. The summed E-state index contributed by atoms with van der Waals surface area (Å²) >= 11 is 0. The van der Waals surface area contributed by atoms with Crippen LogP contribution in [0.15, 0.2) is 30.5 Å². The highest BCUT2D eigenvalue weighted by Gasteiger charge is 2.23. The van der Waals surface area contributed by atoms with Gasteiger partial charge < -0.3 is 19.4 Å². The van der Waals surface area contributed by atoms with Crippen molar-refractivity contribution in [2.24, 2.45) is 7.05 Å². The quantitative estimate of drug-likeness (QED) is 0.333. The predicted octanol–water partition coefficient (Wildman–Crippen LogP) is 2.33. The summed E-state index contributed by atoms with van der Waals surface area (Å²) in [6.45, 7) is 2.72. The van der Waals surface area contributed by atoms with E-state index >= 15 is 0 Å². The van der Waals surface area contributed by atoms with Gasteiger partial charge in [0.05, 0.1) is 17.7 Å². The van der Waals surface area contributed by atoms with Gasteiger partial charge in [0, 0.05) is 30.9 Å². The van der Waals surface area contributed by atoms with E-state index in [2.05, 4.69) is 5.32 Å². The SMILES string of the molecule is COc1ccc([N+](=O)[O-])cc1NC(=O)[C@H](C)OC(=O)c1cc(C(C)=O)cn1C. The Bertz CT molecular complexity index is 949. The summed E-state index contributed by atoms with van der Waals surface area (Å²) in [6.07, 6.45) is 0.282. The number of methoxy groups -OCH3 is 1. The van der Waals surface area contributed by atoms with Crippen LogP contribution in [0, 0.1) is 10.1 Å². The van der Waals surface area contributed by atoms with Gasteiger partial charge in [-0.1, -0.05) is 0 Å². The standard InChI is InChI=1S/C18H19N3O7/c1-10(22)12-7-15(20(3)9-12)18(24)28-11(2)17(23)19-14-8-13(21(25)26)5-6-16(14)27-4/h5-9,11H,1-4H3,(H,19,23)/t11-/m0/s1. The zero-order chi connectivity index (χ0) is 21.0. The van der Waals surface area contributed by atoms with Crippen molar-refractivity contribution in [2.45, 2.75) is 20.0 Å². The third-order valence-corrected chi connectivity index (χ3v) is 3.93. The van der Waals surface area contributed by atoms with Gasteiger partial charge in [-0.3, -0.25) is 19.7 Å². The van der Waals surface area contributed by atoms with Gasteiger partial charge in [0.25, 0.3) is 11.6 Å². The lowest BCUT2D eigenvalue weighted by atomic mass is 10.2. The first kappa shape index (κ1) is 20.6. The number of ether oxygens (including phenoxy) is 2. The molecule has 1 amide bonds. The fourth-order valence-electron chi connectivity index (χ4n) is 2.38. The molecule has 1 heterocycles. The highest BCUT2D eigenvalue weighted by Crippen LogP contribution is 2.29. The van der Waals surface area contributed by atoms with Gasteiger partial charge in [0.1, 0.15) is 11.4 Å². The molecule has 0 aliphatic rings. The molecule has 0 aliphatic heterocycles. The van der Waals surface area contributed by atoms with Crippen LogP contribution in [-0.4, -0.2) is 40.4 Å². The maximum absolute atomic E-state index is 12.4. The highest BCUT2D eigenvalue weighted by atomic mass is 16.6.